The molecule has 7 nitrogen and oxygen atoms in total. The Balaban J connectivity index is 0.00000114. The number of ether oxygens (including phenoxy) is 2. The van der Waals surface area contributed by atoms with Crippen LogP contribution in [0.5, 0.6) is 0 Å². The third-order valence-corrected chi connectivity index (χ3v) is 3.64. The number of piperazine rings is 1. The van der Waals surface area contributed by atoms with Gasteiger partial charge in [0.05, 0.1) is 17.3 Å². The number of halogens is 1. The molecule has 1 aromatic rings. The van der Waals surface area contributed by atoms with Gasteiger partial charge in [-0.25, -0.2) is 9.18 Å². The summed E-state index contributed by atoms with van der Waals surface area (Å²) in [6.45, 7) is 7.03. The molecule has 0 radical (unpaired) electrons. The van der Waals surface area contributed by atoms with Crippen molar-refractivity contribution in [1.29, 1.82) is 5.26 Å². The van der Waals surface area contributed by atoms with E-state index in [1.807, 2.05) is 6.07 Å². The van der Waals surface area contributed by atoms with Gasteiger partial charge in [0.2, 0.25) is 0 Å². The van der Waals surface area contributed by atoms with E-state index in [9.17, 15) is 14.0 Å². The van der Waals surface area contributed by atoms with E-state index in [-0.39, 0.29) is 16.8 Å². The summed E-state index contributed by atoms with van der Waals surface area (Å²) in [5.74, 6) is -0.554. The molecule has 1 amide bonds. The lowest BCUT2D eigenvalue weighted by atomic mass is 10.1. The smallest absolute Gasteiger partial charge is 0.410 e. The molecular weight excluding hydrogens is 353 g/mol. The molecule has 1 heterocycles. The fourth-order valence-electron chi connectivity index (χ4n) is 2.47. The highest BCUT2D eigenvalue weighted by Crippen LogP contribution is 2.24. The van der Waals surface area contributed by atoms with Gasteiger partial charge in [-0.2, -0.15) is 5.26 Å². The molecule has 8 heteroatoms. The van der Waals surface area contributed by atoms with Crippen molar-refractivity contribution < 1.29 is 23.5 Å². The predicted molar refractivity (Wildman–Crippen MR) is 99.5 cm³/mol. The second-order valence-electron chi connectivity index (χ2n) is 6.98. The van der Waals surface area contributed by atoms with Crippen molar-refractivity contribution in [2.45, 2.75) is 26.4 Å². The van der Waals surface area contributed by atoms with Crippen LogP contribution in [0, 0.1) is 17.1 Å². The van der Waals surface area contributed by atoms with Crippen molar-refractivity contribution in [1.82, 2.24) is 4.90 Å². The second-order valence-corrected chi connectivity index (χ2v) is 6.98. The minimum absolute atomic E-state index is 0.0335. The Hall–Kier alpha value is -2.66. The zero-order valence-electron chi connectivity index (χ0n) is 16.4. The number of amides is 1. The molecule has 0 unspecified atom stereocenters. The number of hydrogen-bond acceptors (Lipinski definition) is 6. The molecule has 27 heavy (non-hydrogen) atoms. The normalized spacial score (nSPS) is 14.0. The third kappa shape index (κ3) is 6.53. The van der Waals surface area contributed by atoms with Crippen molar-refractivity contribution in [3.05, 3.63) is 29.1 Å². The molecule has 0 aromatic heterocycles. The molecule has 0 bridgehead atoms. The van der Waals surface area contributed by atoms with E-state index in [0.29, 0.717) is 32.5 Å². The molecule has 1 fully saturated rings. The number of anilines is 1. The Bertz CT molecular complexity index is 702. The van der Waals surface area contributed by atoms with Gasteiger partial charge in [0.15, 0.2) is 6.29 Å². The van der Waals surface area contributed by atoms with Crippen molar-refractivity contribution in [3.8, 4) is 6.07 Å². The van der Waals surface area contributed by atoms with Crippen LogP contribution in [0.25, 0.3) is 0 Å². The molecule has 1 aliphatic heterocycles. The number of hydrogen-bond donors (Lipinski definition) is 0. The highest BCUT2D eigenvalue weighted by Gasteiger charge is 2.27. The lowest BCUT2D eigenvalue weighted by Crippen LogP contribution is -2.50. The molecule has 2 rings (SSSR count). The maximum atomic E-state index is 14.2. The van der Waals surface area contributed by atoms with Gasteiger partial charge in [-0.3, -0.25) is 4.79 Å². The summed E-state index contributed by atoms with van der Waals surface area (Å²) in [4.78, 5) is 26.2. The van der Waals surface area contributed by atoms with Crippen LogP contribution in [0.3, 0.4) is 0 Å². The molecule has 0 spiro atoms. The maximum absolute atomic E-state index is 14.2. The van der Waals surface area contributed by atoms with Gasteiger partial charge in [-0.05, 0) is 32.9 Å². The van der Waals surface area contributed by atoms with Crippen LogP contribution in [-0.4, -0.2) is 63.3 Å². The molecule has 148 valence electrons. The number of nitriles is 1. The van der Waals surface area contributed by atoms with Crippen molar-refractivity contribution in [3.63, 3.8) is 0 Å². The van der Waals surface area contributed by atoms with E-state index in [4.69, 9.17) is 10.00 Å². The molecule has 0 N–H and O–H groups in total. The lowest BCUT2D eigenvalue weighted by molar-refractivity contribution is 0.0240. The summed E-state index contributed by atoms with van der Waals surface area (Å²) in [5.41, 5.74) is -0.129. The Labute approximate surface area is 159 Å². The lowest BCUT2D eigenvalue weighted by Gasteiger charge is -2.36. The first-order valence-corrected chi connectivity index (χ1v) is 8.48. The van der Waals surface area contributed by atoms with Crippen molar-refractivity contribution in [2.75, 3.05) is 45.3 Å². The van der Waals surface area contributed by atoms with Crippen LogP contribution in [0.2, 0.25) is 0 Å². The Kier molecular flexibility index (Phi) is 8.19. The summed E-state index contributed by atoms with van der Waals surface area (Å²) in [6.07, 6.45) is 0.0721. The Morgan fingerprint density at radius 1 is 1.22 bits per heavy atom. The molecule has 1 aliphatic rings. The number of carbonyl (C=O) groups is 2. The van der Waals surface area contributed by atoms with Crippen LogP contribution in [0.4, 0.5) is 14.9 Å². The van der Waals surface area contributed by atoms with Crippen molar-refractivity contribution in [2.24, 2.45) is 0 Å². The first kappa shape index (κ1) is 22.4. The van der Waals surface area contributed by atoms with E-state index >= 15 is 0 Å². The summed E-state index contributed by atoms with van der Waals surface area (Å²) in [7, 11) is 3.25. The van der Waals surface area contributed by atoms with E-state index in [1.165, 1.54) is 6.07 Å². The number of nitrogens with zero attached hydrogens (tertiary/aromatic N) is 3. The van der Waals surface area contributed by atoms with Crippen molar-refractivity contribution >= 4 is 18.1 Å². The summed E-state index contributed by atoms with van der Waals surface area (Å²) < 4.78 is 23.8. The monoisotopic (exact) mass is 379 g/mol. The zero-order valence-corrected chi connectivity index (χ0v) is 16.4. The van der Waals surface area contributed by atoms with Crippen LogP contribution < -0.4 is 4.90 Å². The standard InChI is InChI=1S/C17H20FN3O3.C2H6O/c1-17(2,3)24-16(23)21-6-4-20(5-7-21)15-9-12(10-19)13(11-22)8-14(15)18;1-3-2/h8-9,11H,4-7H2,1-3H3;1-2H3. The number of methoxy groups -OCH3 is 1. The van der Waals surface area contributed by atoms with Gasteiger partial charge in [-0.1, -0.05) is 0 Å². The van der Waals surface area contributed by atoms with Gasteiger partial charge in [0.25, 0.3) is 0 Å². The fourth-order valence-corrected chi connectivity index (χ4v) is 2.47. The highest BCUT2D eigenvalue weighted by molar-refractivity contribution is 5.81. The number of carbonyl (C=O) groups excluding carboxylic acids is 2. The van der Waals surface area contributed by atoms with E-state index < -0.39 is 17.5 Å². The van der Waals surface area contributed by atoms with Gasteiger partial charge in [-0.15, -0.1) is 0 Å². The van der Waals surface area contributed by atoms with Crippen LogP contribution in [0.15, 0.2) is 12.1 Å². The molecule has 1 aromatic carbocycles. The average Bonchev–Trinajstić information content (AvgIpc) is 2.61. The Morgan fingerprint density at radius 3 is 2.22 bits per heavy atom. The van der Waals surface area contributed by atoms with Gasteiger partial charge in [0, 0.05) is 46.0 Å². The van der Waals surface area contributed by atoms with E-state index in [1.54, 1.807) is 44.8 Å². The van der Waals surface area contributed by atoms with Crippen LogP contribution in [-0.2, 0) is 9.47 Å². The third-order valence-electron chi connectivity index (χ3n) is 3.64. The highest BCUT2D eigenvalue weighted by atomic mass is 19.1. The molecule has 1 saturated heterocycles. The summed E-state index contributed by atoms with van der Waals surface area (Å²) in [5, 5.41) is 9.07. The average molecular weight is 379 g/mol. The second kappa shape index (κ2) is 9.88. The number of benzene rings is 1. The molecule has 0 atom stereocenters. The largest absolute Gasteiger partial charge is 0.444 e. The molecular formula is C19H26FN3O4. The maximum Gasteiger partial charge on any atom is 0.410 e. The van der Waals surface area contributed by atoms with Crippen LogP contribution in [0.1, 0.15) is 36.7 Å². The zero-order chi connectivity index (χ0) is 20.6. The minimum Gasteiger partial charge on any atom is -0.444 e. The first-order chi connectivity index (χ1) is 12.7. The van der Waals surface area contributed by atoms with Gasteiger partial charge >= 0.3 is 6.09 Å². The predicted octanol–water partition coefficient (Wildman–Crippen LogP) is 2.83. The van der Waals surface area contributed by atoms with Gasteiger partial charge in [0.1, 0.15) is 11.4 Å². The number of rotatable bonds is 2. The Morgan fingerprint density at radius 2 is 1.78 bits per heavy atom. The first-order valence-electron chi connectivity index (χ1n) is 8.48. The molecule has 0 saturated carbocycles. The topological polar surface area (TPSA) is 82.9 Å². The van der Waals surface area contributed by atoms with Gasteiger partial charge < -0.3 is 19.3 Å². The minimum atomic E-state index is -0.563. The van der Waals surface area contributed by atoms with E-state index in [0.717, 1.165) is 6.07 Å². The SMILES string of the molecule is CC(C)(C)OC(=O)N1CCN(c2cc(C#N)c(C=O)cc2F)CC1.COC. The number of aldehydes is 1. The summed E-state index contributed by atoms with van der Waals surface area (Å²) in [6, 6.07) is 4.34. The molecule has 0 aliphatic carbocycles. The summed E-state index contributed by atoms with van der Waals surface area (Å²) >= 11 is 0. The fraction of sp³-hybridized carbons (Fsp3) is 0.526. The van der Waals surface area contributed by atoms with E-state index in [2.05, 4.69) is 4.74 Å². The quantitative estimate of drug-likeness (QED) is 0.735. The van der Waals surface area contributed by atoms with Crippen LogP contribution >= 0.6 is 0 Å².